The Morgan fingerprint density at radius 3 is 2.07 bits per heavy atom. The third-order valence-electron chi connectivity index (χ3n) is 6.92. The highest BCUT2D eigenvalue weighted by Gasteiger charge is 2.36. The predicted octanol–water partition coefficient (Wildman–Crippen LogP) is 6.12. The number of nitrogens with one attached hydrogen (secondary N) is 2. The zero-order valence-corrected chi connectivity index (χ0v) is 27.1. The van der Waals surface area contributed by atoms with Gasteiger partial charge in [-0.15, -0.1) is 0 Å². The van der Waals surface area contributed by atoms with Crippen LogP contribution in [-0.4, -0.2) is 60.1 Å². The number of carbonyl (C=O) groups excluding carboxylic acids is 4. The number of carbonyl (C=O) groups is 4. The molecule has 2 atom stereocenters. The van der Waals surface area contributed by atoms with E-state index < -0.39 is 35.7 Å². The zero-order chi connectivity index (χ0) is 32.4. The molecule has 0 aromatic heterocycles. The van der Waals surface area contributed by atoms with E-state index in [1.54, 1.807) is 32.6 Å². The highest BCUT2D eigenvalue weighted by atomic mass is 16.6. The fourth-order valence-corrected chi connectivity index (χ4v) is 4.85. The van der Waals surface area contributed by atoms with Crippen molar-refractivity contribution in [2.75, 3.05) is 19.7 Å². The van der Waals surface area contributed by atoms with E-state index in [9.17, 15) is 19.2 Å². The van der Waals surface area contributed by atoms with E-state index in [0.717, 1.165) is 37.7 Å². The lowest BCUT2D eigenvalue weighted by Gasteiger charge is -2.34. The van der Waals surface area contributed by atoms with E-state index in [1.807, 2.05) is 60.7 Å². The van der Waals surface area contributed by atoms with Gasteiger partial charge in [-0.2, -0.15) is 0 Å². The van der Waals surface area contributed by atoms with Crippen molar-refractivity contribution in [2.24, 2.45) is 0 Å². The Bertz CT molecular complexity index is 1150. The molecule has 9 nitrogen and oxygen atoms in total. The van der Waals surface area contributed by atoms with Crippen molar-refractivity contribution in [1.82, 2.24) is 15.5 Å². The molecule has 44 heavy (non-hydrogen) atoms. The van der Waals surface area contributed by atoms with E-state index in [-0.39, 0.29) is 31.9 Å². The Morgan fingerprint density at radius 2 is 1.45 bits per heavy atom. The molecule has 9 heteroatoms. The summed E-state index contributed by atoms with van der Waals surface area (Å²) in [6.45, 7) is 9.82. The molecular weight excluding hydrogens is 558 g/mol. The number of rotatable bonds is 18. The lowest BCUT2D eigenvalue weighted by atomic mass is 9.99. The molecule has 0 bridgehead atoms. The third kappa shape index (κ3) is 13.6. The van der Waals surface area contributed by atoms with Crippen molar-refractivity contribution < 1.29 is 28.7 Å². The van der Waals surface area contributed by atoms with Crippen LogP contribution in [0.4, 0.5) is 4.79 Å². The SMILES string of the molecule is CCCCCCCCN(C(=O)C(Cc1ccccc1)NC(=O)OC(C)(C)C)C(C(=O)NCCC(=O)OCC)c1ccccc1. The van der Waals surface area contributed by atoms with Crippen LogP contribution in [0.1, 0.15) is 96.7 Å². The maximum Gasteiger partial charge on any atom is 0.408 e. The van der Waals surface area contributed by atoms with Gasteiger partial charge in [0.1, 0.15) is 17.7 Å². The smallest absolute Gasteiger partial charge is 0.408 e. The second-order valence-electron chi connectivity index (χ2n) is 11.8. The lowest BCUT2D eigenvalue weighted by molar-refractivity contribution is -0.144. The minimum absolute atomic E-state index is 0.0172. The van der Waals surface area contributed by atoms with Crippen LogP contribution in [0.15, 0.2) is 60.7 Å². The van der Waals surface area contributed by atoms with Crippen LogP contribution in [0.5, 0.6) is 0 Å². The number of esters is 1. The molecule has 242 valence electrons. The van der Waals surface area contributed by atoms with E-state index >= 15 is 0 Å². The molecule has 2 aromatic carbocycles. The van der Waals surface area contributed by atoms with Gasteiger partial charge in [0.2, 0.25) is 11.8 Å². The van der Waals surface area contributed by atoms with Crippen LogP contribution in [0.25, 0.3) is 0 Å². The van der Waals surface area contributed by atoms with Crippen molar-refractivity contribution in [2.45, 2.75) is 104 Å². The van der Waals surface area contributed by atoms with Crippen LogP contribution < -0.4 is 10.6 Å². The van der Waals surface area contributed by atoms with Gasteiger partial charge in [-0.1, -0.05) is 99.7 Å². The molecule has 2 aromatic rings. The first-order valence-corrected chi connectivity index (χ1v) is 15.9. The van der Waals surface area contributed by atoms with Gasteiger partial charge in [0.15, 0.2) is 0 Å². The Labute approximate surface area is 263 Å². The van der Waals surface area contributed by atoms with Crippen molar-refractivity contribution in [3.8, 4) is 0 Å². The van der Waals surface area contributed by atoms with Crippen molar-refractivity contribution in [3.63, 3.8) is 0 Å². The summed E-state index contributed by atoms with van der Waals surface area (Å²) in [7, 11) is 0. The summed E-state index contributed by atoms with van der Waals surface area (Å²) in [5.41, 5.74) is 0.737. The number of amides is 3. The highest BCUT2D eigenvalue weighted by Crippen LogP contribution is 2.24. The first-order chi connectivity index (χ1) is 21.1. The van der Waals surface area contributed by atoms with Crippen molar-refractivity contribution in [3.05, 3.63) is 71.8 Å². The summed E-state index contributed by atoms with van der Waals surface area (Å²) in [5.74, 6) is -1.20. The minimum atomic E-state index is -0.981. The molecule has 0 radical (unpaired) electrons. The summed E-state index contributed by atoms with van der Waals surface area (Å²) in [5, 5.41) is 5.63. The molecule has 0 heterocycles. The van der Waals surface area contributed by atoms with Crippen LogP contribution in [0.3, 0.4) is 0 Å². The highest BCUT2D eigenvalue weighted by molar-refractivity contribution is 5.92. The number of unbranched alkanes of at least 4 members (excludes halogenated alkanes) is 5. The first-order valence-electron chi connectivity index (χ1n) is 15.9. The Kier molecular flexibility index (Phi) is 16.0. The molecule has 2 rings (SSSR count). The second kappa shape index (κ2) is 19.4. The summed E-state index contributed by atoms with van der Waals surface area (Å²) in [6, 6.07) is 16.6. The van der Waals surface area contributed by atoms with Crippen LogP contribution in [-0.2, 0) is 30.3 Å². The summed E-state index contributed by atoms with van der Waals surface area (Å²) in [6.07, 6.45) is 5.54. The molecule has 0 saturated heterocycles. The number of ether oxygens (including phenoxy) is 2. The lowest BCUT2D eigenvalue weighted by Crippen LogP contribution is -2.54. The van der Waals surface area contributed by atoms with Gasteiger partial charge in [0.05, 0.1) is 13.0 Å². The molecule has 0 fully saturated rings. The standard InChI is InChI=1S/C35H51N3O6/c1-6-8-9-10-11-18-25-38(31(28-21-16-13-17-22-28)32(40)36-24-23-30(39)43-7-2)33(41)29(26-27-19-14-12-15-20-27)37-34(42)44-35(3,4)5/h12-17,19-22,29,31H,6-11,18,23-26H2,1-5H3,(H,36,40)(H,37,42). The third-order valence-corrected chi connectivity index (χ3v) is 6.92. The number of benzene rings is 2. The molecule has 0 saturated carbocycles. The van der Waals surface area contributed by atoms with Crippen LogP contribution >= 0.6 is 0 Å². The van der Waals surface area contributed by atoms with Crippen molar-refractivity contribution >= 4 is 23.9 Å². The van der Waals surface area contributed by atoms with Gasteiger partial charge < -0.3 is 25.0 Å². The summed E-state index contributed by atoms with van der Waals surface area (Å²) >= 11 is 0. The van der Waals surface area contributed by atoms with E-state index in [4.69, 9.17) is 9.47 Å². The van der Waals surface area contributed by atoms with E-state index in [2.05, 4.69) is 17.6 Å². The number of hydrogen-bond acceptors (Lipinski definition) is 6. The first kappa shape index (κ1) is 36.3. The normalized spacial score (nSPS) is 12.5. The van der Waals surface area contributed by atoms with E-state index in [0.29, 0.717) is 18.5 Å². The Hall–Kier alpha value is -3.88. The molecule has 0 aliphatic rings. The van der Waals surface area contributed by atoms with Gasteiger partial charge in [-0.25, -0.2) is 4.79 Å². The van der Waals surface area contributed by atoms with Crippen LogP contribution in [0, 0.1) is 0 Å². The van der Waals surface area contributed by atoms with Gasteiger partial charge in [0.25, 0.3) is 0 Å². The average Bonchev–Trinajstić information content (AvgIpc) is 2.97. The van der Waals surface area contributed by atoms with Gasteiger partial charge >= 0.3 is 12.1 Å². The number of hydrogen-bond donors (Lipinski definition) is 2. The quantitative estimate of drug-likeness (QED) is 0.155. The monoisotopic (exact) mass is 609 g/mol. The predicted molar refractivity (Wildman–Crippen MR) is 172 cm³/mol. The maximum atomic E-state index is 14.5. The minimum Gasteiger partial charge on any atom is -0.466 e. The largest absolute Gasteiger partial charge is 0.466 e. The molecule has 0 spiro atoms. The molecule has 0 aliphatic heterocycles. The fourth-order valence-electron chi connectivity index (χ4n) is 4.85. The molecule has 3 amide bonds. The van der Waals surface area contributed by atoms with Gasteiger partial charge in [-0.05, 0) is 45.2 Å². The molecular formula is C35H51N3O6. The second-order valence-corrected chi connectivity index (χ2v) is 11.8. The Balaban J connectivity index is 2.44. The van der Waals surface area contributed by atoms with Crippen molar-refractivity contribution in [1.29, 1.82) is 0 Å². The molecule has 2 N–H and O–H groups in total. The topological polar surface area (TPSA) is 114 Å². The number of alkyl carbamates (subject to hydrolysis) is 1. The summed E-state index contributed by atoms with van der Waals surface area (Å²) in [4.78, 5) is 54.8. The van der Waals surface area contributed by atoms with Gasteiger partial charge in [-0.3, -0.25) is 14.4 Å². The average molecular weight is 610 g/mol. The number of nitrogens with zero attached hydrogens (tertiary/aromatic N) is 1. The maximum absolute atomic E-state index is 14.5. The molecule has 0 aliphatic carbocycles. The fraction of sp³-hybridized carbons (Fsp3) is 0.543. The van der Waals surface area contributed by atoms with Gasteiger partial charge in [0, 0.05) is 19.5 Å². The Morgan fingerprint density at radius 1 is 0.841 bits per heavy atom. The van der Waals surface area contributed by atoms with E-state index in [1.165, 1.54) is 0 Å². The zero-order valence-electron chi connectivity index (χ0n) is 27.1. The molecule has 2 unspecified atom stereocenters. The summed E-state index contributed by atoms with van der Waals surface area (Å²) < 4.78 is 10.5. The van der Waals surface area contributed by atoms with Crippen LogP contribution in [0.2, 0.25) is 0 Å².